The average Bonchev–Trinajstić information content (AvgIpc) is 3.05. The lowest BCUT2D eigenvalue weighted by molar-refractivity contribution is -0.137. The van der Waals surface area contributed by atoms with Crippen LogP contribution in [0.25, 0.3) is 0 Å². The van der Waals surface area contributed by atoms with Gasteiger partial charge in [-0.05, 0) is 36.8 Å². The quantitative estimate of drug-likeness (QED) is 0.831. The van der Waals surface area contributed by atoms with E-state index in [1.165, 1.54) is 12.1 Å². The molecule has 0 spiro atoms. The Labute approximate surface area is 154 Å². The van der Waals surface area contributed by atoms with Crippen molar-refractivity contribution >= 4 is 28.9 Å². The molecule has 0 aliphatic carbocycles. The first-order valence-corrected chi connectivity index (χ1v) is 8.45. The smallest absolute Gasteiger partial charge is 0.374 e. The molecular weight excluding hydrogens is 359 g/mol. The second-order valence-corrected chi connectivity index (χ2v) is 6.15. The summed E-state index contributed by atoms with van der Waals surface area (Å²) in [5.41, 5.74) is 0.546. The van der Waals surface area contributed by atoms with Crippen molar-refractivity contribution in [2.45, 2.75) is 19.0 Å². The third-order valence-corrected chi connectivity index (χ3v) is 4.18. The van der Waals surface area contributed by atoms with E-state index in [0.717, 1.165) is 18.6 Å². The fourth-order valence-electron chi connectivity index (χ4n) is 2.92. The van der Waals surface area contributed by atoms with Crippen molar-refractivity contribution in [2.24, 2.45) is 0 Å². The predicted octanol–water partition coefficient (Wildman–Crippen LogP) is 3.88. The molecule has 1 aliphatic rings. The van der Waals surface area contributed by atoms with Gasteiger partial charge in [0.2, 0.25) is 11.8 Å². The van der Waals surface area contributed by atoms with Gasteiger partial charge in [-0.15, -0.1) is 0 Å². The third kappa shape index (κ3) is 4.58. The first kappa shape index (κ1) is 18.8. The number of hydrogen-bond acceptors (Lipinski definition) is 3. The standard InChI is InChI=1S/C19H18F3N3O2/c20-19(21,22)13-5-3-6-14(11-13)24-17(26)12-23-15-7-1-2-8-16(15)25-10-4-9-18(25)27/h1-3,5-8,11,23H,4,9-10,12H2,(H,24,26). The molecule has 1 fully saturated rings. The normalized spacial score (nSPS) is 14.3. The topological polar surface area (TPSA) is 61.4 Å². The first-order valence-electron chi connectivity index (χ1n) is 8.45. The Morgan fingerprint density at radius 2 is 1.89 bits per heavy atom. The van der Waals surface area contributed by atoms with Crippen LogP contribution in [0.3, 0.4) is 0 Å². The highest BCUT2D eigenvalue weighted by Gasteiger charge is 2.30. The van der Waals surface area contributed by atoms with Crippen LogP contribution in [0.4, 0.5) is 30.2 Å². The third-order valence-electron chi connectivity index (χ3n) is 4.18. The molecule has 2 aromatic rings. The summed E-state index contributed by atoms with van der Waals surface area (Å²) < 4.78 is 38.2. The summed E-state index contributed by atoms with van der Waals surface area (Å²) in [7, 11) is 0. The number of carbonyl (C=O) groups is 2. The van der Waals surface area contributed by atoms with Crippen LogP contribution in [0.15, 0.2) is 48.5 Å². The van der Waals surface area contributed by atoms with Crippen LogP contribution in [0.5, 0.6) is 0 Å². The average molecular weight is 377 g/mol. The molecule has 2 amide bonds. The van der Waals surface area contributed by atoms with Crippen molar-refractivity contribution in [1.82, 2.24) is 0 Å². The highest BCUT2D eigenvalue weighted by Crippen LogP contribution is 2.31. The number of carbonyl (C=O) groups excluding carboxylic acids is 2. The van der Waals surface area contributed by atoms with E-state index in [1.807, 2.05) is 0 Å². The molecule has 0 unspecified atom stereocenters. The zero-order valence-corrected chi connectivity index (χ0v) is 14.3. The van der Waals surface area contributed by atoms with Gasteiger partial charge in [0.15, 0.2) is 0 Å². The van der Waals surface area contributed by atoms with Crippen LogP contribution in [0, 0.1) is 0 Å². The Balaban J connectivity index is 1.64. The van der Waals surface area contributed by atoms with E-state index in [0.29, 0.717) is 24.3 Å². The summed E-state index contributed by atoms with van der Waals surface area (Å²) in [6.45, 7) is 0.475. The van der Waals surface area contributed by atoms with Gasteiger partial charge in [-0.1, -0.05) is 18.2 Å². The zero-order valence-electron chi connectivity index (χ0n) is 14.3. The fraction of sp³-hybridized carbons (Fsp3) is 0.263. The van der Waals surface area contributed by atoms with Crippen LogP contribution >= 0.6 is 0 Å². The van der Waals surface area contributed by atoms with Gasteiger partial charge in [0.25, 0.3) is 0 Å². The molecule has 0 saturated carbocycles. The van der Waals surface area contributed by atoms with E-state index >= 15 is 0 Å². The van der Waals surface area contributed by atoms with Crippen molar-refractivity contribution in [3.63, 3.8) is 0 Å². The molecule has 2 N–H and O–H groups in total. The number of para-hydroxylation sites is 2. The summed E-state index contributed by atoms with van der Waals surface area (Å²) in [5, 5.41) is 5.39. The van der Waals surface area contributed by atoms with Gasteiger partial charge in [-0.2, -0.15) is 13.2 Å². The van der Waals surface area contributed by atoms with Crippen molar-refractivity contribution in [2.75, 3.05) is 28.6 Å². The highest BCUT2D eigenvalue weighted by molar-refractivity contribution is 5.99. The number of amides is 2. The van der Waals surface area contributed by atoms with Crippen molar-refractivity contribution in [1.29, 1.82) is 0 Å². The maximum atomic E-state index is 12.7. The number of nitrogens with zero attached hydrogens (tertiary/aromatic N) is 1. The summed E-state index contributed by atoms with van der Waals surface area (Å²) in [5.74, 6) is -0.463. The fourth-order valence-corrected chi connectivity index (χ4v) is 2.92. The predicted molar refractivity (Wildman–Crippen MR) is 96.6 cm³/mol. The number of benzene rings is 2. The van der Waals surface area contributed by atoms with E-state index in [1.54, 1.807) is 29.2 Å². The molecule has 27 heavy (non-hydrogen) atoms. The van der Waals surface area contributed by atoms with Crippen molar-refractivity contribution in [3.8, 4) is 0 Å². The van der Waals surface area contributed by atoms with Gasteiger partial charge in [-0.3, -0.25) is 9.59 Å². The van der Waals surface area contributed by atoms with E-state index in [2.05, 4.69) is 10.6 Å². The Morgan fingerprint density at radius 3 is 2.59 bits per heavy atom. The van der Waals surface area contributed by atoms with Crippen LogP contribution in [0.2, 0.25) is 0 Å². The molecule has 0 atom stereocenters. The summed E-state index contributed by atoms with van der Waals surface area (Å²) in [6.07, 6.45) is -3.20. The van der Waals surface area contributed by atoms with E-state index < -0.39 is 17.6 Å². The number of halogens is 3. The van der Waals surface area contributed by atoms with E-state index in [-0.39, 0.29) is 18.1 Å². The molecular formula is C19H18F3N3O2. The minimum absolute atomic E-state index is 0.0256. The molecule has 1 aliphatic heterocycles. The molecule has 5 nitrogen and oxygen atoms in total. The summed E-state index contributed by atoms with van der Waals surface area (Å²) in [6, 6.07) is 11.6. The molecule has 1 heterocycles. The van der Waals surface area contributed by atoms with Gasteiger partial charge in [0.05, 0.1) is 23.5 Å². The lowest BCUT2D eigenvalue weighted by Crippen LogP contribution is -2.26. The molecule has 0 aromatic heterocycles. The maximum Gasteiger partial charge on any atom is 0.416 e. The molecule has 1 saturated heterocycles. The summed E-state index contributed by atoms with van der Waals surface area (Å²) in [4.78, 5) is 25.7. The van der Waals surface area contributed by atoms with Gasteiger partial charge in [0, 0.05) is 18.7 Å². The minimum Gasteiger partial charge on any atom is -0.374 e. The lowest BCUT2D eigenvalue weighted by Gasteiger charge is -2.20. The molecule has 3 rings (SSSR count). The Morgan fingerprint density at radius 1 is 1.11 bits per heavy atom. The van der Waals surface area contributed by atoms with Gasteiger partial charge < -0.3 is 15.5 Å². The monoisotopic (exact) mass is 377 g/mol. The molecule has 8 heteroatoms. The van der Waals surface area contributed by atoms with Gasteiger partial charge in [-0.25, -0.2) is 0 Å². The molecule has 0 bridgehead atoms. The number of anilines is 3. The maximum absolute atomic E-state index is 12.7. The number of rotatable bonds is 5. The largest absolute Gasteiger partial charge is 0.416 e. The lowest BCUT2D eigenvalue weighted by atomic mass is 10.2. The molecule has 0 radical (unpaired) electrons. The first-order chi connectivity index (χ1) is 12.8. The molecule has 142 valence electrons. The SMILES string of the molecule is O=C(CNc1ccccc1N1CCCC1=O)Nc1cccc(C(F)(F)F)c1. The van der Waals surface area contributed by atoms with Crippen LogP contribution < -0.4 is 15.5 Å². The van der Waals surface area contributed by atoms with Crippen molar-refractivity contribution < 1.29 is 22.8 Å². The van der Waals surface area contributed by atoms with Crippen LogP contribution in [-0.2, 0) is 15.8 Å². The number of alkyl halides is 3. The van der Waals surface area contributed by atoms with Gasteiger partial charge in [0.1, 0.15) is 0 Å². The van der Waals surface area contributed by atoms with Crippen molar-refractivity contribution in [3.05, 3.63) is 54.1 Å². The minimum atomic E-state index is -4.47. The van der Waals surface area contributed by atoms with Crippen LogP contribution in [-0.4, -0.2) is 24.9 Å². The highest BCUT2D eigenvalue weighted by atomic mass is 19.4. The zero-order chi connectivity index (χ0) is 19.4. The van der Waals surface area contributed by atoms with E-state index in [9.17, 15) is 22.8 Å². The Hall–Kier alpha value is -3.03. The Kier molecular flexibility index (Phi) is 5.34. The Bertz CT molecular complexity index is 852. The number of hydrogen-bond donors (Lipinski definition) is 2. The molecule has 2 aromatic carbocycles. The van der Waals surface area contributed by atoms with Gasteiger partial charge >= 0.3 is 6.18 Å². The second kappa shape index (κ2) is 7.69. The summed E-state index contributed by atoms with van der Waals surface area (Å²) >= 11 is 0. The number of nitrogens with one attached hydrogen (secondary N) is 2. The second-order valence-electron chi connectivity index (χ2n) is 6.15. The van der Waals surface area contributed by atoms with Crippen LogP contribution in [0.1, 0.15) is 18.4 Å². The van der Waals surface area contributed by atoms with E-state index in [4.69, 9.17) is 0 Å².